The Balaban J connectivity index is 1.73. The molecule has 1 aliphatic heterocycles. The third kappa shape index (κ3) is 3.84. The number of carbonyl (C=O) groups is 3. The maximum atomic E-state index is 13.1. The van der Waals surface area contributed by atoms with E-state index in [2.05, 4.69) is 10.6 Å². The molecule has 0 aromatic heterocycles. The Labute approximate surface area is 164 Å². The van der Waals surface area contributed by atoms with Gasteiger partial charge in [0, 0.05) is 19.8 Å². The maximum Gasteiger partial charge on any atom is 0.325 e. The number of ether oxygens (including phenoxy) is 1. The smallest absolute Gasteiger partial charge is 0.325 e. The second kappa shape index (κ2) is 8.39. The lowest BCUT2D eigenvalue weighted by atomic mass is 9.88. The summed E-state index contributed by atoms with van der Waals surface area (Å²) in [6.45, 7) is 4.89. The Hall–Kier alpha value is -2.93. The number of benzene rings is 2. The van der Waals surface area contributed by atoms with Crippen LogP contribution < -0.4 is 10.6 Å². The van der Waals surface area contributed by atoms with E-state index in [9.17, 15) is 14.4 Å². The summed E-state index contributed by atoms with van der Waals surface area (Å²) in [4.78, 5) is 38.7. The van der Waals surface area contributed by atoms with Gasteiger partial charge in [-0.2, -0.15) is 0 Å². The molecule has 3 rings (SSSR count). The molecule has 1 fully saturated rings. The van der Waals surface area contributed by atoms with Gasteiger partial charge in [-0.1, -0.05) is 42.5 Å². The molecule has 2 aromatic rings. The highest BCUT2D eigenvalue weighted by Crippen LogP contribution is 2.33. The van der Waals surface area contributed by atoms with Crippen LogP contribution in [-0.2, 0) is 19.9 Å². The van der Waals surface area contributed by atoms with Crippen molar-refractivity contribution >= 4 is 28.6 Å². The third-order valence-corrected chi connectivity index (χ3v) is 4.90. The Morgan fingerprint density at radius 1 is 1.18 bits per heavy atom. The topological polar surface area (TPSA) is 87.7 Å². The van der Waals surface area contributed by atoms with Crippen LogP contribution >= 0.6 is 0 Å². The van der Waals surface area contributed by atoms with Gasteiger partial charge in [-0.3, -0.25) is 14.5 Å². The number of nitrogens with one attached hydrogen (secondary N) is 2. The summed E-state index contributed by atoms with van der Waals surface area (Å²) in [6, 6.07) is 12.8. The van der Waals surface area contributed by atoms with Crippen LogP contribution in [-0.4, -0.2) is 49.0 Å². The second-order valence-electron chi connectivity index (χ2n) is 6.87. The summed E-state index contributed by atoms with van der Waals surface area (Å²) in [5.74, 6) is -0.805. The highest BCUT2D eigenvalue weighted by atomic mass is 16.5. The van der Waals surface area contributed by atoms with Crippen molar-refractivity contribution in [3.8, 4) is 0 Å². The molecule has 1 saturated heterocycles. The van der Waals surface area contributed by atoms with Crippen LogP contribution in [0.1, 0.15) is 25.8 Å². The molecule has 4 amide bonds. The second-order valence-corrected chi connectivity index (χ2v) is 6.87. The zero-order valence-corrected chi connectivity index (χ0v) is 16.2. The van der Waals surface area contributed by atoms with Gasteiger partial charge in [0.1, 0.15) is 12.1 Å². The number of amides is 4. The molecule has 2 N–H and O–H groups in total. The fourth-order valence-corrected chi connectivity index (χ4v) is 3.43. The molecular weight excluding hydrogens is 358 g/mol. The first-order chi connectivity index (χ1) is 13.5. The molecule has 28 heavy (non-hydrogen) atoms. The Bertz CT molecular complexity index is 893. The molecule has 7 nitrogen and oxygen atoms in total. The average molecular weight is 383 g/mol. The van der Waals surface area contributed by atoms with Crippen molar-refractivity contribution in [1.29, 1.82) is 0 Å². The molecule has 7 heteroatoms. The zero-order valence-electron chi connectivity index (χ0n) is 16.2. The minimum absolute atomic E-state index is 0.306. The normalized spacial score (nSPS) is 19.1. The van der Waals surface area contributed by atoms with Crippen LogP contribution in [0, 0.1) is 0 Å². The van der Waals surface area contributed by atoms with Crippen LogP contribution in [0.15, 0.2) is 42.5 Å². The van der Waals surface area contributed by atoms with Crippen molar-refractivity contribution in [2.45, 2.75) is 25.8 Å². The quantitative estimate of drug-likeness (QED) is 0.540. The standard InChI is InChI=1S/C21H25N3O4/c1-3-28-13-7-12-22-18(25)14-24-19(26)21(2,23-20(24)27)17-11-6-9-15-8-4-5-10-16(15)17/h4-6,8-11H,3,7,12-14H2,1-2H3,(H,22,25)(H,23,27)/t21-/m1/s1. The number of rotatable bonds is 8. The van der Waals surface area contributed by atoms with Crippen LogP contribution in [0.2, 0.25) is 0 Å². The molecule has 0 bridgehead atoms. The van der Waals surface area contributed by atoms with E-state index in [1.54, 1.807) is 6.92 Å². The van der Waals surface area contributed by atoms with Gasteiger partial charge in [-0.15, -0.1) is 0 Å². The van der Waals surface area contributed by atoms with E-state index in [4.69, 9.17) is 4.74 Å². The highest BCUT2D eigenvalue weighted by molar-refractivity contribution is 6.10. The van der Waals surface area contributed by atoms with Gasteiger partial charge in [-0.25, -0.2) is 4.79 Å². The predicted molar refractivity (Wildman–Crippen MR) is 106 cm³/mol. The molecule has 2 aromatic carbocycles. The molecule has 0 radical (unpaired) electrons. The van der Waals surface area contributed by atoms with Gasteiger partial charge in [0.05, 0.1) is 0 Å². The number of fused-ring (bicyclic) bond motifs is 1. The fraction of sp³-hybridized carbons (Fsp3) is 0.381. The van der Waals surface area contributed by atoms with E-state index in [0.717, 1.165) is 15.7 Å². The van der Waals surface area contributed by atoms with Crippen molar-refractivity contribution in [2.24, 2.45) is 0 Å². The van der Waals surface area contributed by atoms with Crippen LogP contribution in [0.5, 0.6) is 0 Å². The number of carbonyl (C=O) groups excluding carboxylic acids is 3. The van der Waals surface area contributed by atoms with E-state index in [1.165, 1.54) is 0 Å². The van der Waals surface area contributed by atoms with Crippen molar-refractivity contribution in [2.75, 3.05) is 26.3 Å². The van der Waals surface area contributed by atoms with Crippen LogP contribution in [0.3, 0.4) is 0 Å². The Morgan fingerprint density at radius 2 is 1.93 bits per heavy atom. The van der Waals surface area contributed by atoms with Crippen molar-refractivity contribution in [1.82, 2.24) is 15.5 Å². The first kappa shape index (κ1) is 19.8. The minimum atomic E-state index is -1.22. The van der Waals surface area contributed by atoms with E-state index in [-0.39, 0.29) is 12.5 Å². The van der Waals surface area contributed by atoms with Gasteiger partial charge in [0.15, 0.2) is 0 Å². The zero-order chi connectivity index (χ0) is 20.1. The average Bonchev–Trinajstić information content (AvgIpc) is 2.91. The molecule has 148 valence electrons. The highest BCUT2D eigenvalue weighted by Gasteiger charge is 2.50. The number of nitrogens with zero attached hydrogens (tertiary/aromatic N) is 1. The summed E-state index contributed by atoms with van der Waals surface area (Å²) < 4.78 is 5.21. The molecule has 0 aliphatic carbocycles. The lowest BCUT2D eigenvalue weighted by Gasteiger charge is -2.24. The monoisotopic (exact) mass is 383 g/mol. The molecule has 1 aliphatic rings. The molecule has 0 spiro atoms. The van der Waals surface area contributed by atoms with Gasteiger partial charge in [0.2, 0.25) is 5.91 Å². The first-order valence-corrected chi connectivity index (χ1v) is 9.44. The molecular formula is C21H25N3O4. The maximum absolute atomic E-state index is 13.1. The largest absolute Gasteiger partial charge is 0.382 e. The number of hydrogen-bond donors (Lipinski definition) is 2. The van der Waals surface area contributed by atoms with Gasteiger partial charge >= 0.3 is 6.03 Å². The Kier molecular flexibility index (Phi) is 5.94. The van der Waals surface area contributed by atoms with Crippen LogP contribution in [0.25, 0.3) is 10.8 Å². The van der Waals surface area contributed by atoms with Crippen LogP contribution in [0.4, 0.5) is 4.79 Å². The summed E-state index contributed by atoms with van der Waals surface area (Å²) >= 11 is 0. The van der Waals surface area contributed by atoms with Crippen molar-refractivity contribution in [3.63, 3.8) is 0 Å². The summed E-state index contributed by atoms with van der Waals surface area (Å²) in [6.07, 6.45) is 0.674. The Morgan fingerprint density at radius 3 is 2.71 bits per heavy atom. The first-order valence-electron chi connectivity index (χ1n) is 9.44. The molecule has 1 heterocycles. The minimum Gasteiger partial charge on any atom is -0.382 e. The van der Waals surface area contributed by atoms with E-state index in [0.29, 0.717) is 31.7 Å². The van der Waals surface area contributed by atoms with Gasteiger partial charge in [-0.05, 0) is 36.6 Å². The molecule has 0 saturated carbocycles. The summed E-state index contributed by atoms with van der Waals surface area (Å²) in [5, 5.41) is 7.35. The number of imide groups is 1. The number of hydrogen-bond acceptors (Lipinski definition) is 4. The third-order valence-electron chi connectivity index (χ3n) is 4.90. The molecule has 1 atom stereocenters. The predicted octanol–water partition coefficient (Wildman–Crippen LogP) is 2.15. The van der Waals surface area contributed by atoms with Crippen molar-refractivity contribution in [3.05, 3.63) is 48.0 Å². The van der Waals surface area contributed by atoms with Gasteiger partial charge < -0.3 is 15.4 Å². The van der Waals surface area contributed by atoms with E-state index < -0.39 is 17.5 Å². The van der Waals surface area contributed by atoms with E-state index in [1.807, 2.05) is 49.4 Å². The summed E-state index contributed by atoms with van der Waals surface area (Å²) in [7, 11) is 0. The fourth-order valence-electron chi connectivity index (χ4n) is 3.43. The van der Waals surface area contributed by atoms with Gasteiger partial charge in [0.25, 0.3) is 5.91 Å². The summed E-state index contributed by atoms with van der Waals surface area (Å²) in [5.41, 5.74) is -0.503. The van der Waals surface area contributed by atoms with Crippen molar-refractivity contribution < 1.29 is 19.1 Å². The number of urea groups is 1. The lowest BCUT2D eigenvalue weighted by Crippen LogP contribution is -2.43. The molecule has 0 unspecified atom stereocenters. The SMILES string of the molecule is CCOCCCNC(=O)CN1C(=O)N[C@](C)(c2cccc3ccccc23)C1=O. The lowest BCUT2D eigenvalue weighted by molar-refractivity contribution is -0.134. The van der Waals surface area contributed by atoms with E-state index >= 15 is 0 Å².